The van der Waals surface area contributed by atoms with Crippen LogP contribution in [-0.4, -0.2) is 52.6 Å². The zero-order valence-corrected chi connectivity index (χ0v) is 17.7. The van der Waals surface area contributed by atoms with Gasteiger partial charge in [-0.3, -0.25) is 4.79 Å². The number of nitrogens with zero attached hydrogens (tertiary/aromatic N) is 4. The predicted octanol–water partition coefficient (Wildman–Crippen LogP) is 1.67. The minimum atomic E-state index is 0.253. The fourth-order valence-corrected chi connectivity index (χ4v) is 5.21. The molecule has 1 aromatic heterocycles. The average Bonchev–Trinajstić information content (AvgIpc) is 3.08. The van der Waals surface area contributed by atoms with Crippen molar-refractivity contribution < 1.29 is 9.69 Å². The molecule has 3 heterocycles. The van der Waals surface area contributed by atoms with Crippen LogP contribution in [0.25, 0.3) is 0 Å². The van der Waals surface area contributed by atoms with Crippen LogP contribution in [0.4, 0.5) is 5.69 Å². The summed E-state index contributed by atoms with van der Waals surface area (Å²) in [6.45, 7) is 5.57. The number of nitrogens with one attached hydrogen (secondary N) is 1. The highest BCUT2D eigenvalue weighted by Gasteiger charge is 2.32. The lowest BCUT2D eigenvalue weighted by Crippen LogP contribution is -3.14. The lowest BCUT2D eigenvalue weighted by Gasteiger charge is -2.33. The number of carbonyl (C=O) groups is 1. The molecule has 0 saturated carbocycles. The second-order valence-corrected chi connectivity index (χ2v) is 9.06. The molecule has 28 heavy (non-hydrogen) atoms. The van der Waals surface area contributed by atoms with E-state index in [0.717, 1.165) is 67.7 Å². The van der Waals surface area contributed by atoms with Crippen LogP contribution < -0.4 is 9.80 Å². The Balaban J connectivity index is 1.43. The summed E-state index contributed by atoms with van der Waals surface area (Å²) in [6.07, 6.45) is 4.39. The van der Waals surface area contributed by atoms with Crippen molar-refractivity contribution in [3.8, 4) is 0 Å². The van der Waals surface area contributed by atoms with Crippen molar-refractivity contribution in [3.05, 3.63) is 35.7 Å². The van der Waals surface area contributed by atoms with Crippen LogP contribution in [0, 0.1) is 0 Å². The number of hydrogen-bond donors (Lipinski definition) is 1. The van der Waals surface area contributed by atoms with Crippen molar-refractivity contribution in [3.63, 3.8) is 0 Å². The predicted molar refractivity (Wildman–Crippen MR) is 112 cm³/mol. The van der Waals surface area contributed by atoms with E-state index < -0.39 is 0 Å². The molecular weight excluding hydrogens is 370 g/mol. The van der Waals surface area contributed by atoms with Crippen molar-refractivity contribution in [2.75, 3.05) is 36.8 Å². The summed E-state index contributed by atoms with van der Waals surface area (Å²) in [7, 11) is 2.07. The van der Waals surface area contributed by atoms with Gasteiger partial charge in [-0.1, -0.05) is 36.9 Å². The molecule has 1 unspecified atom stereocenters. The Kier molecular flexibility index (Phi) is 6.01. The molecule has 1 fully saturated rings. The van der Waals surface area contributed by atoms with Crippen molar-refractivity contribution in [2.45, 2.75) is 43.7 Å². The van der Waals surface area contributed by atoms with Crippen molar-refractivity contribution >= 4 is 23.4 Å². The average molecular weight is 401 g/mol. The summed E-state index contributed by atoms with van der Waals surface area (Å²) in [6, 6.07) is 8.35. The Bertz CT molecular complexity index is 836. The Hall–Kier alpha value is -1.86. The topological polar surface area (TPSA) is 55.5 Å². The maximum atomic E-state index is 13.1. The van der Waals surface area contributed by atoms with E-state index in [0.29, 0.717) is 12.5 Å². The number of likely N-dealkylation sites (tertiary alicyclic amines) is 1. The Morgan fingerprint density at radius 2 is 2.14 bits per heavy atom. The number of thioether (sulfide) groups is 1. The zero-order chi connectivity index (χ0) is 19.5. The van der Waals surface area contributed by atoms with Crippen LogP contribution in [0.3, 0.4) is 0 Å². The van der Waals surface area contributed by atoms with E-state index in [1.54, 1.807) is 11.8 Å². The molecule has 0 aliphatic carbocycles. The van der Waals surface area contributed by atoms with Crippen molar-refractivity contribution in [2.24, 2.45) is 7.05 Å². The highest BCUT2D eigenvalue weighted by Crippen LogP contribution is 2.27. The number of piperidine rings is 1. The normalized spacial score (nSPS) is 22.1. The number of anilines is 1. The number of carbonyl (C=O) groups excluding carboxylic acids is 1. The molecule has 1 N–H and O–H groups in total. The van der Waals surface area contributed by atoms with Gasteiger partial charge in [-0.15, -0.1) is 10.2 Å². The van der Waals surface area contributed by atoms with E-state index in [-0.39, 0.29) is 5.91 Å². The molecule has 1 aromatic carbocycles. The fourth-order valence-electron chi connectivity index (χ4n) is 4.57. The maximum Gasteiger partial charge on any atom is 0.282 e. The van der Waals surface area contributed by atoms with E-state index in [2.05, 4.69) is 46.9 Å². The van der Waals surface area contributed by atoms with E-state index >= 15 is 0 Å². The Labute approximate surface area is 171 Å². The number of amides is 1. The van der Waals surface area contributed by atoms with Crippen LogP contribution in [0.2, 0.25) is 0 Å². The molecule has 2 aliphatic heterocycles. The van der Waals surface area contributed by atoms with Crippen molar-refractivity contribution in [1.82, 2.24) is 14.8 Å². The smallest absolute Gasteiger partial charge is 0.282 e. The van der Waals surface area contributed by atoms with Gasteiger partial charge in [-0.25, -0.2) is 0 Å². The minimum Gasteiger partial charge on any atom is -0.327 e. The first-order valence-electron chi connectivity index (χ1n) is 10.4. The first kappa shape index (κ1) is 19.5. The first-order valence-corrected chi connectivity index (χ1v) is 11.4. The highest BCUT2D eigenvalue weighted by atomic mass is 32.2. The molecule has 0 spiro atoms. The van der Waals surface area contributed by atoms with Crippen molar-refractivity contribution in [1.29, 1.82) is 0 Å². The number of benzene rings is 1. The summed E-state index contributed by atoms with van der Waals surface area (Å²) in [5.41, 5.74) is 2.41. The monoisotopic (exact) mass is 400 g/mol. The Morgan fingerprint density at radius 3 is 3.00 bits per heavy atom. The van der Waals surface area contributed by atoms with Crippen LogP contribution >= 0.6 is 11.8 Å². The van der Waals surface area contributed by atoms with Gasteiger partial charge in [0.25, 0.3) is 5.91 Å². The molecule has 7 heteroatoms. The number of para-hydroxylation sites is 1. The molecule has 4 rings (SSSR count). The lowest BCUT2D eigenvalue weighted by molar-refractivity contribution is -0.898. The van der Waals surface area contributed by atoms with Crippen LogP contribution in [0.5, 0.6) is 0 Å². The lowest BCUT2D eigenvalue weighted by atomic mass is 9.97. The largest absolute Gasteiger partial charge is 0.327 e. The number of fused-ring (bicyclic) bond motifs is 1. The zero-order valence-electron chi connectivity index (χ0n) is 16.9. The minimum absolute atomic E-state index is 0.253. The van der Waals surface area contributed by atoms with Gasteiger partial charge in [0.15, 0.2) is 11.7 Å². The molecule has 1 amide bonds. The third-order valence-corrected chi connectivity index (χ3v) is 6.84. The van der Waals surface area contributed by atoms with E-state index in [1.165, 1.54) is 10.5 Å². The molecular formula is C21H30N5OS+. The van der Waals surface area contributed by atoms with Crippen LogP contribution in [0.15, 0.2) is 29.4 Å². The number of quaternary nitrogens is 1. The molecule has 0 radical (unpaired) electrons. The standard InChI is InChI=1S/C21H29N5OS/c1-3-28-21-23-22-20(24(21)2)17-10-6-12-25(14-17)15-19(27)26-13-7-9-16-8-4-5-11-18(16)26/h4-5,8,11,17H,3,6-7,9-10,12-15H2,1-2H3/p+1/t17-/m1/s1. The summed E-state index contributed by atoms with van der Waals surface area (Å²) < 4.78 is 2.14. The van der Waals surface area contributed by atoms with Gasteiger partial charge in [-0.05, 0) is 43.1 Å². The molecule has 6 nitrogen and oxygen atoms in total. The summed E-state index contributed by atoms with van der Waals surface area (Å²) in [5.74, 6) is 2.71. The molecule has 2 aliphatic rings. The van der Waals surface area contributed by atoms with Gasteiger partial charge in [0.2, 0.25) is 0 Å². The van der Waals surface area contributed by atoms with Crippen LogP contribution in [-0.2, 0) is 18.3 Å². The van der Waals surface area contributed by atoms with Crippen LogP contribution in [0.1, 0.15) is 43.5 Å². The van der Waals surface area contributed by atoms with E-state index in [9.17, 15) is 4.79 Å². The van der Waals surface area contributed by atoms with Gasteiger partial charge in [0.05, 0.1) is 19.0 Å². The Morgan fingerprint density at radius 1 is 1.29 bits per heavy atom. The van der Waals surface area contributed by atoms with E-state index in [4.69, 9.17) is 0 Å². The van der Waals surface area contributed by atoms with Gasteiger partial charge in [0, 0.05) is 19.3 Å². The molecule has 2 atom stereocenters. The van der Waals surface area contributed by atoms with Gasteiger partial charge >= 0.3 is 0 Å². The highest BCUT2D eigenvalue weighted by molar-refractivity contribution is 7.99. The molecule has 1 saturated heterocycles. The number of aryl methyl sites for hydroxylation is 1. The first-order chi connectivity index (χ1) is 13.7. The maximum absolute atomic E-state index is 13.1. The summed E-state index contributed by atoms with van der Waals surface area (Å²) in [4.78, 5) is 16.5. The number of hydrogen-bond acceptors (Lipinski definition) is 4. The third-order valence-electron chi connectivity index (χ3n) is 5.94. The fraction of sp³-hybridized carbons (Fsp3) is 0.571. The molecule has 2 aromatic rings. The number of aromatic nitrogens is 3. The van der Waals surface area contributed by atoms with Gasteiger partial charge in [-0.2, -0.15) is 0 Å². The molecule has 0 bridgehead atoms. The summed E-state index contributed by atoms with van der Waals surface area (Å²) >= 11 is 1.73. The van der Waals surface area contributed by atoms with Gasteiger partial charge < -0.3 is 14.4 Å². The van der Waals surface area contributed by atoms with Gasteiger partial charge in [0.1, 0.15) is 5.82 Å². The SMILES string of the molecule is CCSc1nnc([C@@H]2CCC[NH+](CC(=O)N3CCCc4ccccc43)C2)n1C. The second kappa shape index (κ2) is 8.66. The summed E-state index contributed by atoms with van der Waals surface area (Å²) in [5, 5.41) is 9.82. The molecule has 150 valence electrons. The van der Waals surface area contributed by atoms with E-state index in [1.807, 2.05) is 11.0 Å². The quantitative estimate of drug-likeness (QED) is 0.776. The second-order valence-electron chi connectivity index (χ2n) is 7.83. The third kappa shape index (κ3) is 3.96. The number of rotatable bonds is 5.